The highest BCUT2D eigenvalue weighted by Gasteiger charge is 2.44. The molecule has 0 saturated heterocycles. The van der Waals surface area contributed by atoms with Crippen LogP contribution < -0.4 is 10.0 Å². The minimum absolute atomic E-state index is 0.0248. The van der Waals surface area contributed by atoms with Gasteiger partial charge in [0, 0.05) is 17.5 Å². The monoisotopic (exact) mass is 392 g/mol. The van der Waals surface area contributed by atoms with E-state index >= 15 is 0 Å². The summed E-state index contributed by atoms with van der Waals surface area (Å²) in [6, 6.07) is 14.8. The molecule has 2 aromatic carbocycles. The molecule has 0 aromatic heterocycles. The molecule has 0 bridgehead atoms. The number of hydrogen-bond acceptors (Lipinski definition) is 3. The Hall–Kier alpha value is -1.89. The van der Waals surface area contributed by atoms with Crippen LogP contribution in [0.5, 0.6) is 0 Å². The number of nitrogens with one attached hydrogen (secondary N) is 2. The number of hydrogen-bond donors (Lipinski definition) is 2. The zero-order valence-electron chi connectivity index (χ0n) is 14.4. The molecule has 0 aliphatic heterocycles. The van der Waals surface area contributed by atoms with Gasteiger partial charge in [0.05, 0.1) is 5.75 Å². The highest BCUT2D eigenvalue weighted by molar-refractivity contribution is 7.88. The van der Waals surface area contributed by atoms with E-state index in [4.69, 9.17) is 11.6 Å². The van der Waals surface area contributed by atoms with Gasteiger partial charge in [0.15, 0.2) is 0 Å². The first kappa shape index (κ1) is 18.9. The maximum absolute atomic E-state index is 12.3. The lowest BCUT2D eigenvalue weighted by Crippen LogP contribution is -2.25. The zero-order valence-corrected chi connectivity index (χ0v) is 16.0. The van der Waals surface area contributed by atoms with Crippen LogP contribution in [0.3, 0.4) is 0 Å². The molecule has 2 aromatic rings. The molecule has 26 heavy (non-hydrogen) atoms. The predicted molar refractivity (Wildman–Crippen MR) is 102 cm³/mol. The molecule has 3 rings (SSSR count). The van der Waals surface area contributed by atoms with Gasteiger partial charge in [0.1, 0.15) is 0 Å². The Morgan fingerprint density at radius 1 is 1.12 bits per heavy atom. The SMILES string of the molecule is CNS(=O)(=O)Cc1ccc(CNC(=O)C2CC2c2ccccc2Cl)cc1. The molecule has 138 valence electrons. The van der Waals surface area contributed by atoms with Crippen molar-refractivity contribution in [3.63, 3.8) is 0 Å². The molecule has 2 N–H and O–H groups in total. The summed E-state index contributed by atoms with van der Waals surface area (Å²) < 4.78 is 25.4. The summed E-state index contributed by atoms with van der Waals surface area (Å²) in [4.78, 5) is 12.3. The Bertz CT molecular complexity index is 897. The van der Waals surface area contributed by atoms with Gasteiger partial charge < -0.3 is 5.32 Å². The predicted octanol–water partition coefficient (Wildman–Crippen LogP) is 2.81. The Kier molecular flexibility index (Phi) is 5.65. The minimum atomic E-state index is -3.28. The van der Waals surface area contributed by atoms with E-state index in [0.717, 1.165) is 17.5 Å². The van der Waals surface area contributed by atoms with Crippen molar-refractivity contribution in [1.82, 2.24) is 10.0 Å². The van der Waals surface area contributed by atoms with Gasteiger partial charge >= 0.3 is 0 Å². The average Bonchev–Trinajstić information content (AvgIpc) is 3.42. The van der Waals surface area contributed by atoms with Gasteiger partial charge in [0.25, 0.3) is 0 Å². The standard InChI is InChI=1S/C19H21ClN2O3S/c1-21-26(24,25)12-14-8-6-13(7-9-14)11-22-19(23)17-10-16(17)15-4-2-3-5-18(15)20/h2-9,16-17,21H,10-12H2,1H3,(H,22,23). The van der Waals surface area contributed by atoms with Gasteiger partial charge in [-0.05, 0) is 42.1 Å². The number of amides is 1. The lowest BCUT2D eigenvalue weighted by Gasteiger charge is -2.07. The van der Waals surface area contributed by atoms with Crippen LogP contribution in [0.4, 0.5) is 0 Å². The van der Waals surface area contributed by atoms with Crippen LogP contribution in [-0.4, -0.2) is 21.4 Å². The lowest BCUT2D eigenvalue weighted by molar-refractivity contribution is -0.122. The molecule has 1 fully saturated rings. The van der Waals surface area contributed by atoms with E-state index in [0.29, 0.717) is 17.1 Å². The van der Waals surface area contributed by atoms with Gasteiger partial charge in [-0.1, -0.05) is 54.1 Å². The number of rotatable bonds is 7. The van der Waals surface area contributed by atoms with Crippen molar-refractivity contribution in [3.05, 3.63) is 70.2 Å². The Labute approximate surface area is 158 Å². The van der Waals surface area contributed by atoms with Crippen LogP contribution in [0.1, 0.15) is 29.0 Å². The van der Waals surface area contributed by atoms with E-state index in [1.807, 2.05) is 36.4 Å². The van der Waals surface area contributed by atoms with Crippen LogP contribution in [0.15, 0.2) is 48.5 Å². The average molecular weight is 393 g/mol. The largest absolute Gasteiger partial charge is 0.352 e. The van der Waals surface area contributed by atoms with Crippen LogP contribution in [-0.2, 0) is 27.1 Å². The first-order chi connectivity index (χ1) is 12.4. The van der Waals surface area contributed by atoms with E-state index in [1.54, 1.807) is 12.1 Å². The van der Waals surface area contributed by atoms with E-state index in [9.17, 15) is 13.2 Å². The molecule has 1 saturated carbocycles. The number of carbonyl (C=O) groups excluding carboxylic acids is 1. The Balaban J connectivity index is 1.52. The van der Waals surface area contributed by atoms with Crippen molar-refractivity contribution in [2.24, 2.45) is 5.92 Å². The van der Waals surface area contributed by atoms with Gasteiger partial charge in [-0.3, -0.25) is 4.79 Å². The highest BCUT2D eigenvalue weighted by atomic mass is 35.5. The fourth-order valence-corrected chi connectivity index (χ4v) is 4.02. The van der Waals surface area contributed by atoms with Gasteiger partial charge in [0.2, 0.25) is 15.9 Å². The van der Waals surface area contributed by atoms with Crippen molar-refractivity contribution in [2.45, 2.75) is 24.6 Å². The third kappa shape index (κ3) is 4.63. The topological polar surface area (TPSA) is 75.3 Å². The normalized spacial score (nSPS) is 19.2. The second-order valence-electron chi connectivity index (χ2n) is 6.47. The summed E-state index contributed by atoms with van der Waals surface area (Å²) in [5.74, 6) is 0.127. The smallest absolute Gasteiger partial charge is 0.224 e. The van der Waals surface area contributed by atoms with Gasteiger partial charge in [-0.15, -0.1) is 0 Å². The molecule has 1 amide bonds. The molecule has 2 unspecified atom stereocenters. The molecule has 1 aliphatic carbocycles. The lowest BCUT2D eigenvalue weighted by atomic mass is 10.1. The Morgan fingerprint density at radius 2 is 1.77 bits per heavy atom. The summed E-state index contributed by atoms with van der Waals surface area (Å²) in [6.45, 7) is 0.420. The van der Waals surface area contributed by atoms with Crippen molar-refractivity contribution < 1.29 is 13.2 Å². The molecule has 7 heteroatoms. The first-order valence-electron chi connectivity index (χ1n) is 8.41. The second kappa shape index (κ2) is 7.78. The molecule has 5 nitrogen and oxygen atoms in total. The third-order valence-electron chi connectivity index (χ3n) is 4.59. The fourth-order valence-electron chi connectivity index (χ4n) is 2.97. The van der Waals surface area contributed by atoms with Gasteiger partial charge in [-0.2, -0.15) is 0 Å². The number of sulfonamides is 1. The highest BCUT2D eigenvalue weighted by Crippen LogP contribution is 2.49. The van der Waals surface area contributed by atoms with Crippen molar-refractivity contribution in [3.8, 4) is 0 Å². The van der Waals surface area contributed by atoms with Gasteiger partial charge in [-0.25, -0.2) is 13.1 Å². The summed E-state index contributed by atoms with van der Waals surface area (Å²) in [5, 5.41) is 3.65. The maximum atomic E-state index is 12.3. The second-order valence-corrected chi connectivity index (χ2v) is 8.80. The van der Waals surface area contributed by atoms with Crippen LogP contribution >= 0.6 is 11.6 Å². The summed E-state index contributed by atoms with van der Waals surface area (Å²) in [7, 11) is -1.88. The van der Waals surface area contributed by atoms with E-state index in [1.165, 1.54) is 7.05 Å². The molecular formula is C19H21ClN2O3S. The van der Waals surface area contributed by atoms with Crippen LogP contribution in [0, 0.1) is 5.92 Å². The van der Waals surface area contributed by atoms with Crippen molar-refractivity contribution in [1.29, 1.82) is 0 Å². The van der Waals surface area contributed by atoms with E-state index in [-0.39, 0.29) is 23.5 Å². The quantitative estimate of drug-likeness (QED) is 0.760. The molecule has 0 spiro atoms. The molecule has 0 heterocycles. The van der Waals surface area contributed by atoms with Crippen molar-refractivity contribution in [2.75, 3.05) is 7.05 Å². The molecule has 2 atom stereocenters. The fraction of sp³-hybridized carbons (Fsp3) is 0.316. The number of benzene rings is 2. The first-order valence-corrected chi connectivity index (χ1v) is 10.4. The number of halogens is 1. The zero-order chi connectivity index (χ0) is 18.7. The molecule has 1 aliphatic rings. The third-order valence-corrected chi connectivity index (χ3v) is 6.27. The van der Waals surface area contributed by atoms with Crippen LogP contribution in [0.2, 0.25) is 5.02 Å². The van der Waals surface area contributed by atoms with Crippen molar-refractivity contribution >= 4 is 27.5 Å². The molecular weight excluding hydrogens is 372 g/mol. The van der Waals surface area contributed by atoms with Crippen LogP contribution in [0.25, 0.3) is 0 Å². The minimum Gasteiger partial charge on any atom is -0.352 e. The number of carbonyl (C=O) groups is 1. The summed E-state index contributed by atoms with van der Waals surface area (Å²) in [6.07, 6.45) is 0.816. The Morgan fingerprint density at radius 3 is 2.42 bits per heavy atom. The summed E-state index contributed by atoms with van der Waals surface area (Å²) >= 11 is 6.19. The summed E-state index contributed by atoms with van der Waals surface area (Å²) in [5.41, 5.74) is 2.67. The van der Waals surface area contributed by atoms with E-state index < -0.39 is 10.0 Å². The maximum Gasteiger partial charge on any atom is 0.224 e. The van der Waals surface area contributed by atoms with E-state index in [2.05, 4.69) is 10.0 Å². The molecule has 0 radical (unpaired) electrons.